The molecule has 132 valence electrons. The lowest BCUT2D eigenvalue weighted by Crippen LogP contribution is -2.45. The fraction of sp³-hybridized carbons (Fsp3) is 0.611. The van der Waals surface area contributed by atoms with E-state index in [1.165, 1.54) is 23.6 Å². The minimum atomic E-state index is -3.52. The molecule has 1 aromatic rings. The van der Waals surface area contributed by atoms with E-state index >= 15 is 0 Å². The Morgan fingerprint density at radius 3 is 2.58 bits per heavy atom. The molecule has 0 spiro atoms. The fourth-order valence-corrected chi connectivity index (χ4v) is 5.13. The lowest BCUT2D eigenvalue weighted by molar-refractivity contribution is -0.120. The largest absolute Gasteiger partial charge is 0.352 e. The van der Waals surface area contributed by atoms with Crippen molar-refractivity contribution in [1.29, 1.82) is 0 Å². The summed E-state index contributed by atoms with van der Waals surface area (Å²) in [7, 11) is -3.52. The number of amides is 1. The summed E-state index contributed by atoms with van der Waals surface area (Å²) in [5, 5.41) is 3.08. The quantitative estimate of drug-likeness (QED) is 0.856. The number of sulfonamides is 1. The van der Waals surface area contributed by atoms with Gasteiger partial charge in [-0.25, -0.2) is 8.42 Å². The van der Waals surface area contributed by atoms with Crippen LogP contribution in [0.15, 0.2) is 24.3 Å². The van der Waals surface area contributed by atoms with Crippen molar-refractivity contribution in [2.75, 3.05) is 17.1 Å². The maximum atomic E-state index is 12.5. The number of carbonyl (C=O) groups is 1. The summed E-state index contributed by atoms with van der Waals surface area (Å²) in [6, 6.07) is 7.59. The molecule has 2 saturated carbocycles. The molecule has 3 unspecified atom stereocenters. The zero-order valence-corrected chi connectivity index (χ0v) is 15.2. The molecule has 2 fully saturated rings. The lowest BCUT2D eigenvalue weighted by Gasteiger charge is -2.27. The molecule has 5 nitrogen and oxygen atoms in total. The summed E-state index contributed by atoms with van der Waals surface area (Å²) in [6.07, 6.45) is 6.58. The van der Waals surface area contributed by atoms with Crippen LogP contribution in [-0.2, 0) is 21.2 Å². The predicted molar refractivity (Wildman–Crippen MR) is 95.4 cm³/mol. The highest BCUT2D eigenvalue weighted by Crippen LogP contribution is 2.44. The van der Waals surface area contributed by atoms with Crippen LogP contribution in [0.1, 0.15) is 38.2 Å². The van der Waals surface area contributed by atoms with Gasteiger partial charge in [-0.3, -0.25) is 9.10 Å². The van der Waals surface area contributed by atoms with Crippen molar-refractivity contribution in [3.63, 3.8) is 0 Å². The fourth-order valence-electron chi connectivity index (χ4n) is 4.24. The molecule has 0 radical (unpaired) electrons. The van der Waals surface area contributed by atoms with Crippen LogP contribution in [0, 0.1) is 11.8 Å². The third-order valence-corrected chi connectivity index (χ3v) is 6.54. The average Bonchev–Trinajstić information content (AvgIpc) is 3.14. The number of para-hydroxylation sites is 1. The first-order chi connectivity index (χ1) is 11.4. The minimum absolute atomic E-state index is 0.149. The topological polar surface area (TPSA) is 66.5 Å². The standard InChI is InChI=1S/C18H26N2O3S/c1-3-14-6-4-5-7-17(14)20(24(2,22)23)12-18(21)19-16-11-13-8-9-15(16)10-13/h4-7,13,15-16H,3,8-12H2,1-2H3,(H,19,21). The Kier molecular flexibility index (Phi) is 4.85. The Bertz CT molecular complexity index is 717. The third-order valence-electron chi connectivity index (χ3n) is 5.41. The van der Waals surface area contributed by atoms with Crippen LogP contribution >= 0.6 is 0 Å². The van der Waals surface area contributed by atoms with Crippen molar-refractivity contribution in [2.24, 2.45) is 11.8 Å². The Morgan fingerprint density at radius 2 is 2.00 bits per heavy atom. The van der Waals surface area contributed by atoms with Crippen LogP contribution in [0.3, 0.4) is 0 Å². The van der Waals surface area contributed by atoms with Crippen LogP contribution in [0.2, 0.25) is 0 Å². The van der Waals surface area contributed by atoms with E-state index in [0.29, 0.717) is 11.6 Å². The smallest absolute Gasteiger partial charge is 0.241 e. The van der Waals surface area contributed by atoms with Crippen LogP contribution < -0.4 is 9.62 Å². The molecule has 1 aromatic carbocycles. The van der Waals surface area contributed by atoms with Gasteiger partial charge in [-0.2, -0.15) is 0 Å². The molecule has 0 heterocycles. The third kappa shape index (κ3) is 3.58. The first-order valence-electron chi connectivity index (χ1n) is 8.73. The normalized spacial score (nSPS) is 25.7. The molecule has 3 rings (SSSR count). The second-order valence-corrected chi connectivity index (χ2v) is 9.01. The molecule has 1 amide bonds. The van der Waals surface area contributed by atoms with Gasteiger partial charge in [0.25, 0.3) is 0 Å². The predicted octanol–water partition coefficient (Wildman–Crippen LogP) is 2.32. The number of hydrogen-bond donors (Lipinski definition) is 1. The Hall–Kier alpha value is -1.56. The van der Waals surface area contributed by atoms with Gasteiger partial charge in [0.05, 0.1) is 11.9 Å². The Labute approximate surface area is 144 Å². The van der Waals surface area contributed by atoms with Gasteiger partial charge in [0.2, 0.25) is 15.9 Å². The van der Waals surface area contributed by atoms with Gasteiger partial charge in [0.1, 0.15) is 6.54 Å². The zero-order chi connectivity index (χ0) is 17.3. The van der Waals surface area contributed by atoms with E-state index in [0.717, 1.165) is 30.6 Å². The number of anilines is 1. The molecule has 6 heteroatoms. The molecule has 0 aromatic heterocycles. The number of carbonyl (C=O) groups excluding carboxylic acids is 1. The van der Waals surface area contributed by atoms with E-state index < -0.39 is 10.0 Å². The van der Waals surface area contributed by atoms with Crippen molar-refractivity contribution in [3.05, 3.63) is 29.8 Å². The second-order valence-electron chi connectivity index (χ2n) is 7.10. The monoisotopic (exact) mass is 350 g/mol. The molecular formula is C18H26N2O3S. The first kappa shape index (κ1) is 17.3. The van der Waals surface area contributed by atoms with Crippen molar-refractivity contribution >= 4 is 21.6 Å². The summed E-state index contributed by atoms with van der Waals surface area (Å²) in [6.45, 7) is 1.83. The van der Waals surface area contributed by atoms with Gasteiger partial charge < -0.3 is 5.32 Å². The van der Waals surface area contributed by atoms with Crippen molar-refractivity contribution < 1.29 is 13.2 Å². The molecule has 2 aliphatic rings. The maximum absolute atomic E-state index is 12.5. The van der Waals surface area contributed by atoms with E-state index in [4.69, 9.17) is 0 Å². The van der Waals surface area contributed by atoms with E-state index in [1.54, 1.807) is 12.1 Å². The van der Waals surface area contributed by atoms with Gasteiger partial charge in [-0.15, -0.1) is 0 Å². The average molecular weight is 350 g/mol. The van der Waals surface area contributed by atoms with Gasteiger partial charge in [0, 0.05) is 6.04 Å². The van der Waals surface area contributed by atoms with Crippen LogP contribution in [-0.4, -0.2) is 33.2 Å². The summed E-state index contributed by atoms with van der Waals surface area (Å²) >= 11 is 0. The first-order valence-corrected chi connectivity index (χ1v) is 10.6. The molecule has 3 atom stereocenters. The number of benzene rings is 1. The maximum Gasteiger partial charge on any atom is 0.241 e. The summed E-state index contributed by atoms with van der Waals surface area (Å²) in [4.78, 5) is 12.5. The molecule has 2 bridgehead atoms. The van der Waals surface area contributed by atoms with Crippen LogP contribution in [0.4, 0.5) is 5.69 Å². The SMILES string of the molecule is CCc1ccccc1N(CC(=O)NC1CC2CCC1C2)S(C)(=O)=O. The van der Waals surface area contributed by atoms with E-state index in [9.17, 15) is 13.2 Å². The summed E-state index contributed by atoms with van der Waals surface area (Å²) < 4.78 is 25.7. The highest BCUT2D eigenvalue weighted by molar-refractivity contribution is 7.92. The molecule has 24 heavy (non-hydrogen) atoms. The van der Waals surface area contributed by atoms with Crippen molar-refractivity contribution in [3.8, 4) is 0 Å². The van der Waals surface area contributed by atoms with Crippen molar-refractivity contribution in [1.82, 2.24) is 5.32 Å². The highest BCUT2D eigenvalue weighted by Gasteiger charge is 2.40. The summed E-state index contributed by atoms with van der Waals surface area (Å²) in [5.41, 5.74) is 1.53. The van der Waals surface area contributed by atoms with Crippen molar-refractivity contribution in [2.45, 2.75) is 45.1 Å². The lowest BCUT2D eigenvalue weighted by atomic mass is 9.95. The molecule has 2 aliphatic carbocycles. The van der Waals surface area contributed by atoms with Gasteiger partial charge >= 0.3 is 0 Å². The van der Waals surface area contributed by atoms with Gasteiger partial charge in [-0.1, -0.05) is 31.5 Å². The number of rotatable bonds is 6. The number of fused-ring (bicyclic) bond motifs is 2. The number of hydrogen-bond acceptors (Lipinski definition) is 3. The number of nitrogens with zero attached hydrogens (tertiary/aromatic N) is 1. The van der Waals surface area contributed by atoms with E-state index in [2.05, 4.69) is 5.32 Å². The van der Waals surface area contributed by atoms with Crippen LogP contribution in [0.25, 0.3) is 0 Å². The number of nitrogens with one attached hydrogen (secondary N) is 1. The Morgan fingerprint density at radius 1 is 1.25 bits per heavy atom. The Balaban J connectivity index is 1.74. The zero-order valence-electron chi connectivity index (χ0n) is 14.4. The van der Waals surface area contributed by atoms with Gasteiger partial charge in [0.15, 0.2) is 0 Å². The molecular weight excluding hydrogens is 324 g/mol. The van der Waals surface area contributed by atoms with Crippen LogP contribution in [0.5, 0.6) is 0 Å². The molecule has 0 aliphatic heterocycles. The van der Waals surface area contributed by atoms with Gasteiger partial charge in [-0.05, 0) is 49.1 Å². The van der Waals surface area contributed by atoms with E-state index in [-0.39, 0.29) is 18.5 Å². The number of aryl methyl sites for hydroxylation is 1. The second kappa shape index (κ2) is 6.75. The minimum Gasteiger partial charge on any atom is -0.352 e. The highest BCUT2D eigenvalue weighted by atomic mass is 32.2. The molecule has 1 N–H and O–H groups in total. The van der Waals surface area contributed by atoms with E-state index in [1.807, 2.05) is 19.1 Å². The molecule has 0 saturated heterocycles. The summed E-state index contributed by atoms with van der Waals surface area (Å²) in [5.74, 6) is 1.12.